The number of aromatic nitrogens is 2. The summed E-state index contributed by atoms with van der Waals surface area (Å²) in [6.45, 7) is 7.97. The number of pyridine rings is 2. The molecule has 0 aliphatic carbocycles. The SMILES string of the molecule is C=CC(=O)N[C@H]1COC[C@H]1Nc1cc2c(N3CCC(OC)CC3)nc(-c3c(C)c(OC)cc(OC)c3Cl)cc2cn1. The molecule has 2 fully saturated rings. The van der Waals surface area contributed by atoms with E-state index in [0.29, 0.717) is 41.2 Å². The number of hydrogen-bond acceptors (Lipinski definition) is 9. The molecule has 2 N–H and O–H groups in total. The second-order valence-electron chi connectivity index (χ2n) is 10.2. The number of methoxy groups -OCH3 is 3. The van der Waals surface area contributed by atoms with Crippen LogP contribution in [-0.4, -0.2) is 81.7 Å². The molecule has 41 heavy (non-hydrogen) atoms. The third kappa shape index (κ3) is 5.91. The lowest BCUT2D eigenvalue weighted by atomic mass is 10.0. The summed E-state index contributed by atoms with van der Waals surface area (Å²) in [5, 5.41) is 8.72. The summed E-state index contributed by atoms with van der Waals surface area (Å²) in [7, 11) is 4.97. The van der Waals surface area contributed by atoms with Gasteiger partial charge in [-0.05, 0) is 38.0 Å². The van der Waals surface area contributed by atoms with E-state index >= 15 is 0 Å². The van der Waals surface area contributed by atoms with E-state index in [-0.39, 0.29) is 24.1 Å². The molecule has 2 atom stereocenters. The monoisotopic (exact) mass is 581 g/mol. The van der Waals surface area contributed by atoms with E-state index in [2.05, 4.69) is 22.1 Å². The molecule has 2 aromatic heterocycles. The van der Waals surface area contributed by atoms with Crippen LogP contribution in [0.4, 0.5) is 11.6 Å². The maximum atomic E-state index is 11.9. The zero-order valence-corrected chi connectivity index (χ0v) is 24.6. The van der Waals surface area contributed by atoms with Crippen molar-refractivity contribution in [2.45, 2.75) is 38.0 Å². The van der Waals surface area contributed by atoms with Gasteiger partial charge in [-0.3, -0.25) is 4.79 Å². The van der Waals surface area contributed by atoms with E-state index in [9.17, 15) is 4.79 Å². The Morgan fingerprint density at radius 2 is 1.85 bits per heavy atom. The van der Waals surface area contributed by atoms with Crippen molar-refractivity contribution in [3.05, 3.63) is 47.6 Å². The van der Waals surface area contributed by atoms with Gasteiger partial charge in [0.05, 0.1) is 56.3 Å². The van der Waals surface area contributed by atoms with Crippen molar-refractivity contribution in [3.8, 4) is 22.8 Å². The Labute approximate surface area is 245 Å². The van der Waals surface area contributed by atoms with Crippen molar-refractivity contribution in [1.82, 2.24) is 15.3 Å². The maximum absolute atomic E-state index is 11.9. The Bertz CT molecular complexity index is 1410. The van der Waals surface area contributed by atoms with Crippen molar-refractivity contribution >= 4 is 39.9 Å². The predicted octanol–water partition coefficient (Wildman–Crippen LogP) is 4.37. The van der Waals surface area contributed by atoms with Gasteiger partial charge in [0.15, 0.2) is 0 Å². The average molecular weight is 582 g/mol. The van der Waals surface area contributed by atoms with Gasteiger partial charge in [-0.2, -0.15) is 0 Å². The molecule has 2 saturated heterocycles. The van der Waals surface area contributed by atoms with Crippen LogP contribution in [-0.2, 0) is 14.3 Å². The summed E-state index contributed by atoms with van der Waals surface area (Å²) < 4.78 is 22.4. The van der Waals surface area contributed by atoms with Crippen LogP contribution in [0.5, 0.6) is 11.5 Å². The number of halogens is 1. The molecule has 0 radical (unpaired) electrons. The highest BCUT2D eigenvalue weighted by molar-refractivity contribution is 6.35. The molecule has 2 aliphatic heterocycles. The van der Waals surface area contributed by atoms with Crippen LogP contribution in [0.3, 0.4) is 0 Å². The van der Waals surface area contributed by atoms with E-state index in [0.717, 1.165) is 53.6 Å². The van der Waals surface area contributed by atoms with Gasteiger partial charge in [0.1, 0.15) is 23.1 Å². The highest BCUT2D eigenvalue weighted by atomic mass is 35.5. The van der Waals surface area contributed by atoms with E-state index < -0.39 is 0 Å². The van der Waals surface area contributed by atoms with Crippen LogP contribution in [0.15, 0.2) is 37.1 Å². The second kappa shape index (κ2) is 12.5. The Morgan fingerprint density at radius 1 is 1.12 bits per heavy atom. The largest absolute Gasteiger partial charge is 0.496 e. The molecule has 1 aromatic carbocycles. The zero-order valence-electron chi connectivity index (χ0n) is 23.8. The molecule has 11 heteroatoms. The number of nitrogens with zero attached hydrogens (tertiary/aromatic N) is 3. The number of benzene rings is 1. The van der Waals surface area contributed by atoms with Gasteiger partial charge >= 0.3 is 0 Å². The van der Waals surface area contributed by atoms with E-state index in [1.165, 1.54) is 6.08 Å². The third-order valence-corrected chi connectivity index (χ3v) is 8.21. The minimum absolute atomic E-state index is 0.136. The summed E-state index contributed by atoms with van der Waals surface area (Å²) >= 11 is 6.86. The number of piperidine rings is 1. The van der Waals surface area contributed by atoms with Crippen molar-refractivity contribution in [3.63, 3.8) is 0 Å². The molecule has 4 heterocycles. The first-order chi connectivity index (χ1) is 19.9. The first-order valence-corrected chi connectivity index (χ1v) is 14.0. The summed E-state index contributed by atoms with van der Waals surface area (Å²) in [5.41, 5.74) is 2.33. The number of hydrogen-bond donors (Lipinski definition) is 2. The summed E-state index contributed by atoms with van der Waals surface area (Å²) in [4.78, 5) is 24.1. The minimum Gasteiger partial charge on any atom is -0.496 e. The van der Waals surface area contributed by atoms with Crippen molar-refractivity contribution in [2.75, 3.05) is 57.8 Å². The van der Waals surface area contributed by atoms with E-state index in [4.69, 9.17) is 40.5 Å². The van der Waals surface area contributed by atoms with E-state index in [1.54, 1.807) is 27.4 Å². The maximum Gasteiger partial charge on any atom is 0.243 e. The first-order valence-electron chi connectivity index (χ1n) is 13.6. The van der Waals surface area contributed by atoms with Crippen LogP contribution in [0, 0.1) is 6.92 Å². The molecule has 0 spiro atoms. The van der Waals surface area contributed by atoms with Gasteiger partial charge in [-0.25, -0.2) is 9.97 Å². The normalized spacial score (nSPS) is 19.3. The van der Waals surface area contributed by atoms with Crippen LogP contribution in [0.1, 0.15) is 18.4 Å². The molecule has 0 saturated carbocycles. The molecule has 0 unspecified atom stereocenters. The van der Waals surface area contributed by atoms with Crippen molar-refractivity contribution in [2.24, 2.45) is 0 Å². The Hall–Kier alpha value is -3.60. The van der Waals surface area contributed by atoms with Gasteiger partial charge in [-0.15, -0.1) is 0 Å². The fraction of sp³-hybridized carbons (Fsp3) is 0.433. The van der Waals surface area contributed by atoms with Crippen molar-refractivity contribution in [1.29, 1.82) is 0 Å². The fourth-order valence-corrected chi connectivity index (χ4v) is 5.89. The van der Waals surface area contributed by atoms with E-state index in [1.807, 2.05) is 25.3 Å². The molecular weight excluding hydrogens is 546 g/mol. The summed E-state index contributed by atoms with van der Waals surface area (Å²) in [6.07, 6.45) is 5.12. The topological polar surface area (TPSA) is 107 Å². The molecule has 5 rings (SSSR count). The number of rotatable bonds is 9. The highest BCUT2D eigenvalue weighted by Crippen LogP contribution is 2.44. The van der Waals surface area contributed by atoms with Crippen LogP contribution >= 0.6 is 11.6 Å². The fourth-order valence-electron chi connectivity index (χ4n) is 5.52. The number of amides is 1. The number of carbonyl (C=O) groups is 1. The lowest BCUT2D eigenvalue weighted by molar-refractivity contribution is -0.117. The molecular formula is C30H36ClN5O5. The van der Waals surface area contributed by atoms with Gasteiger partial charge in [0.25, 0.3) is 0 Å². The molecule has 0 bridgehead atoms. The zero-order chi connectivity index (χ0) is 29.1. The number of carbonyl (C=O) groups excluding carboxylic acids is 1. The quantitative estimate of drug-likeness (QED) is 0.356. The standard InChI is InChI=1S/C30H36ClN5O5/c1-6-27(37)34-23-16-41-15-22(23)33-26-12-20-18(14-32-26)11-21(35-30(20)36-9-7-19(38-3)8-10-36)28-17(2)24(39-4)13-25(40-5)29(28)31/h6,11-14,19,22-23H,1,7-10,15-16H2,2-5H3,(H,32,33)(H,34,37)/t22-,23+/m1/s1. The van der Waals surface area contributed by atoms with Gasteiger partial charge < -0.3 is 34.5 Å². The number of fused-ring (bicyclic) bond motifs is 1. The Balaban J connectivity index is 1.58. The highest BCUT2D eigenvalue weighted by Gasteiger charge is 2.30. The third-order valence-electron chi connectivity index (χ3n) is 7.83. The summed E-state index contributed by atoms with van der Waals surface area (Å²) in [5.74, 6) is 2.46. The van der Waals surface area contributed by atoms with Crippen LogP contribution in [0.2, 0.25) is 5.02 Å². The number of ether oxygens (including phenoxy) is 4. The minimum atomic E-state index is -0.236. The smallest absolute Gasteiger partial charge is 0.243 e. The first kappa shape index (κ1) is 28.9. The molecule has 218 valence electrons. The lowest BCUT2D eigenvalue weighted by Crippen LogP contribution is -2.45. The predicted molar refractivity (Wildman–Crippen MR) is 160 cm³/mol. The molecule has 2 aliphatic rings. The summed E-state index contributed by atoms with van der Waals surface area (Å²) in [6, 6.07) is 5.46. The van der Waals surface area contributed by atoms with Crippen LogP contribution in [0.25, 0.3) is 22.0 Å². The van der Waals surface area contributed by atoms with Crippen molar-refractivity contribution < 1.29 is 23.7 Å². The molecule has 3 aromatic rings. The Morgan fingerprint density at radius 3 is 2.54 bits per heavy atom. The van der Waals surface area contributed by atoms with Gasteiger partial charge in [0, 0.05) is 54.4 Å². The average Bonchev–Trinajstić information content (AvgIpc) is 3.43. The lowest BCUT2D eigenvalue weighted by Gasteiger charge is -2.33. The van der Waals surface area contributed by atoms with Crippen LogP contribution < -0.4 is 25.0 Å². The molecule has 10 nitrogen and oxygen atoms in total. The number of nitrogens with one attached hydrogen (secondary N) is 2. The second-order valence-corrected chi connectivity index (χ2v) is 10.6. The Kier molecular flexibility index (Phi) is 8.82. The van der Waals surface area contributed by atoms with Gasteiger partial charge in [0.2, 0.25) is 5.91 Å². The number of anilines is 2. The van der Waals surface area contributed by atoms with Gasteiger partial charge in [-0.1, -0.05) is 18.2 Å². The molecule has 1 amide bonds.